The van der Waals surface area contributed by atoms with E-state index in [9.17, 15) is 4.79 Å². The maximum Gasteiger partial charge on any atom is 0.224 e. The molecule has 0 aliphatic heterocycles. The molecule has 1 amide bonds. The van der Waals surface area contributed by atoms with E-state index in [-0.39, 0.29) is 5.91 Å². The summed E-state index contributed by atoms with van der Waals surface area (Å²) in [6, 6.07) is 7.61. The highest BCUT2D eigenvalue weighted by molar-refractivity contribution is 5.79. The number of rotatable bonds is 8. The molecule has 4 nitrogen and oxygen atoms in total. The van der Waals surface area contributed by atoms with E-state index in [4.69, 9.17) is 4.74 Å². The second kappa shape index (κ2) is 8.53. The summed E-state index contributed by atoms with van der Waals surface area (Å²) in [5.74, 6) is 0.804. The van der Waals surface area contributed by atoms with Gasteiger partial charge >= 0.3 is 0 Å². The summed E-state index contributed by atoms with van der Waals surface area (Å²) in [5.41, 5.74) is 0.922. The molecule has 0 fully saturated rings. The van der Waals surface area contributed by atoms with Gasteiger partial charge in [-0.1, -0.05) is 32.0 Å². The number of benzene rings is 1. The molecule has 1 aromatic carbocycles. The lowest BCUT2D eigenvalue weighted by Gasteiger charge is -2.18. The van der Waals surface area contributed by atoms with Gasteiger partial charge in [0.1, 0.15) is 5.75 Å². The van der Waals surface area contributed by atoms with Crippen LogP contribution in [0, 0.1) is 0 Å². The van der Waals surface area contributed by atoms with Gasteiger partial charge < -0.3 is 15.0 Å². The average molecular weight is 264 g/mol. The summed E-state index contributed by atoms with van der Waals surface area (Å²) in [4.78, 5) is 14.1. The van der Waals surface area contributed by atoms with E-state index >= 15 is 0 Å². The molecule has 4 heteroatoms. The van der Waals surface area contributed by atoms with Crippen LogP contribution in [-0.2, 0) is 11.2 Å². The Hall–Kier alpha value is -1.55. The van der Waals surface area contributed by atoms with Crippen molar-refractivity contribution in [3.8, 4) is 5.75 Å². The predicted octanol–water partition coefficient (Wildman–Crippen LogP) is 1.70. The van der Waals surface area contributed by atoms with Crippen LogP contribution in [0.4, 0.5) is 0 Å². The van der Waals surface area contributed by atoms with E-state index in [0.29, 0.717) is 13.0 Å². The maximum absolute atomic E-state index is 11.9. The molecule has 0 radical (unpaired) electrons. The van der Waals surface area contributed by atoms with E-state index in [2.05, 4.69) is 24.1 Å². The Kier molecular flexibility index (Phi) is 6.97. The minimum atomic E-state index is 0.0386. The van der Waals surface area contributed by atoms with Gasteiger partial charge in [0.2, 0.25) is 5.91 Å². The molecule has 106 valence electrons. The van der Waals surface area contributed by atoms with Crippen molar-refractivity contribution in [3.05, 3.63) is 29.8 Å². The summed E-state index contributed by atoms with van der Waals surface area (Å²) in [6.45, 7) is 7.86. The fourth-order valence-electron chi connectivity index (χ4n) is 1.98. The highest BCUT2D eigenvalue weighted by Gasteiger charge is 2.08. The zero-order chi connectivity index (χ0) is 14.1. The fourth-order valence-corrected chi connectivity index (χ4v) is 1.98. The summed E-state index contributed by atoms with van der Waals surface area (Å²) in [6.07, 6.45) is 0.363. The molecule has 1 rings (SSSR count). The van der Waals surface area contributed by atoms with Crippen molar-refractivity contribution in [1.29, 1.82) is 0 Å². The Bertz CT molecular complexity index is 389. The summed E-state index contributed by atoms with van der Waals surface area (Å²) in [7, 11) is 1.62. The Morgan fingerprint density at radius 3 is 2.58 bits per heavy atom. The number of nitrogens with one attached hydrogen (secondary N) is 1. The molecule has 0 aliphatic rings. The van der Waals surface area contributed by atoms with Crippen LogP contribution in [0.2, 0.25) is 0 Å². The first-order valence-electron chi connectivity index (χ1n) is 6.82. The number of carbonyl (C=O) groups is 1. The molecule has 1 N–H and O–H groups in total. The molecule has 0 heterocycles. The van der Waals surface area contributed by atoms with Crippen LogP contribution in [-0.4, -0.2) is 44.1 Å². The van der Waals surface area contributed by atoms with Crippen LogP contribution in [0.15, 0.2) is 24.3 Å². The lowest BCUT2D eigenvalue weighted by Crippen LogP contribution is -2.35. The highest BCUT2D eigenvalue weighted by atomic mass is 16.5. The smallest absolute Gasteiger partial charge is 0.224 e. The normalized spacial score (nSPS) is 10.5. The van der Waals surface area contributed by atoms with Crippen molar-refractivity contribution in [1.82, 2.24) is 10.2 Å². The average Bonchev–Trinajstić information content (AvgIpc) is 2.44. The van der Waals surface area contributed by atoms with E-state index in [1.54, 1.807) is 7.11 Å². The summed E-state index contributed by atoms with van der Waals surface area (Å²) < 4.78 is 5.24. The molecule has 1 aromatic rings. The number of likely N-dealkylation sites (N-methyl/N-ethyl adjacent to an activating group) is 1. The molecule has 0 bridgehead atoms. The lowest BCUT2D eigenvalue weighted by atomic mass is 10.1. The maximum atomic E-state index is 11.9. The van der Waals surface area contributed by atoms with Gasteiger partial charge in [0.15, 0.2) is 0 Å². The largest absolute Gasteiger partial charge is 0.496 e. The lowest BCUT2D eigenvalue weighted by molar-refractivity contribution is -0.120. The molecule has 0 aliphatic carbocycles. The quantitative estimate of drug-likeness (QED) is 0.777. The molecule has 0 saturated carbocycles. The summed E-state index contributed by atoms with van der Waals surface area (Å²) in [5, 5.41) is 2.95. The second-order valence-corrected chi connectivity index (χ2v) is 4.37. The van der Waals surface area contributed by atoms with Crippen molar-refractivity contribution >= 4 is 5.91 Å². The number of hydrogen-bond donors (Lipinski definition) is 1. The van der Waals surface area contributed by atoms with Crippen molar-refractivity contribution in [2.45, 2.75) is 20.3 Å². The molecule has 0 saturated heterocycles. The number of hydrogen-bond acceptors (Lipinski definition) is 3. The molecule has 0 aromatic heterocycles. The van der Waals surface area contributed by atoms with E-state index in [1.807, 2.05) is 24.3 Å². The minimum Gasteiger partial charge on any atom is -0.496 e. The second-order valence-electron chi connectivity index (χ2n) is 4.37. The zero-order valence-electron chi connectivity index (χ0n) is 12.1. The van der Waals surface area contributed by atoms with Crippen LogP contribution in [0.3, 0.4) is 0 Å². The molecule has 0 spiro atoms. The Morgan fingerprint density at radius 1 is 1.26 bits per heavy atom. The highest BCUT2D eigenvalue weighted by Crippen LogP contribution is 2.17. The van der Waals surface area contributed by atoms with E-state index in [1.165, 1.54) is 0 Å². The van der Waals surface area contributed by atoms with Gasteiger partial charge in [-0.25, -0.2) is 0 Å². The number of ether oxygens (including phenoxy) is 1. The standard InChI is InChI=1S/C15H24N2O2/c1-4-17(5-2)11-10-16-15(18)12-13-8-6-7-9-14(13)19-3/h6-9H,4-5,10-12H2,1-3H3,(H,16,18). The van der Waals surface area contributed by atoms with Crippen molar-refractivity contribution in [2.75, 3.05) is 33.3 Å². The van der Waals surface area contributed by atoms with Gasteiger partial charge in [-0.2, -0.15) is 0 Å². The Morgan fingerprint density at radius 2 is 1.95 bits per heavy atom. The van der Waals surface area contributed by atoms with Crippen LogP contribution < -0.4 is 10.1 Å². The number of para-hydroxylation sites is 1. The monoisotopic (exact) mass is 264 g/mol. The molecular formula is C15H24N2O2. The van der Waals surface area contributed by atoms with Gasteiger partial charge in [-0.05, 0) is 19.2 Å². The molecule has 0 atom stereocenters. The van der Waals surface area contributed by atoms with Gasteiger partial charge in [-0.3, -0.25) is 4.79 Å². The van der Waals surface area contributed by atoms with Crippen LogP contribution >= 0.6 is 0 Å². The Labute approximate surface area is 115 Å². The Balaban J connectivity index is 2.39. The number of methoxy groups -OCH3 is 1. The first kappa shape index (κ1) is 15.5. The fraction of sp³-hybridized carbons (Fsp3) is 0.533. The molecule has 0 unspecified atom stereocenters. The van der Waals surface area contributed by atoms with Crippen molar-refractivity contribution in [3.63, 3.8) is 0 Å². The van der Waals surface area contributed by atoms with E-state index < -0.39 is 0 Å². The van der Waals surface area contributed by atoms with Gasteiger partial charge in [0.25, 0.3) is 0 Å². The van der Waals surface area contributed by atoms with Crippen LogP contribution in [0.5, 0.6) is 5.75 Å². The molecular weight excluding hydrogens is 240 g/mol. The third-order valence-electron chi connectivity index (χ3n) is 3.19. The number of carbonyl (C=O) groups excluding carboxylic acids is 1. The predicted molar refractivity (Wildman–Crippen MR) is 77.5 cm³/mol. The van der Waals surface area contributed by atoms with Gasteiger partial charge in [-0.15, -0.1) is 0 Å². The number of amides is 1. The topological polar surface area (TPSA) is 41.6 Å². The van der Waals surface area contributed by atoms with Crippen molar-refractivity contribution in [2.24, 2.45) is 0 Å². The van der Waals surface area contributed by atoms with E-state index in [0.717, 1.165) is 30.9 Å². The summed E-state index contributed by atoms with van der Waals surface area (Å²) >= 11 is 0. The third kappa shape index (κ3) is 5.30. The third-order valence-corrected chi connectivity index (χ3v) is 3.19. The first-order valence-corrected chi connectivity index (χ1v) is 6.82. The van der Waals surface area contributed by atoms with Crippen molar-refractivity contribution < 1.29 is 9.53 Å². The number of nitrogens with zero attached hydrogens (tertiary/aromatic N) is 1. The molecule has 19 heavy (non-hydrogen) atoms. The SMILES string of the molecule is CCN(CC)CCNC(=O)Cc1ccccc1OC. The first-order chi connectivity index (χ1) is 9.21. The van der Waals surface area contributed by atoms with Crippen LogP contribution in [0.1, 0.15) is 19.4 Å². The minimum absolute atomic E-state index is 0.0386. The zero-order valence-corrected chi connectivity index (χ0v) is 12.1. The van der Waals surface area contributed by atoms with Gasteiger partial charge in [0.05, 0.1) is 13.5 Å². The van der Waals surface area contributed by atoms with Crippen LogP contribution in [0.25, 0.3) is 0 Å². The van der Waals surface area contributed by atoms with Gasteiger partial charge in [0, 0.05) is 18.7 Å².